The summed E-state index contributed by atoms with van der Waals surface area (Å²) in [5.74, 6) is 1.31. The summed E-state index contributed by atoms with van der Waals surface area (Å²) in [7, 11) is 0. The first kappa shape index (κ1) is 31.9. The van der Waals surface area contributed by atoms with Gasteiger partial charge in [0.1, 0.15) is 17.3 Å². The van der Waals surface area contributed by atoms with Crippen LogP contribution in [-0.4, -0.2) is 47.3 Å². The maximum absolute atomic E-state index is 13.6. The predicted molar refractivity (Wildman–Crippen MR) is 178 cm³/mol. The average Bonchev–Trinajstić information content (AvgIpc) is 3.56. The smallest absolute Gasteiger partial charge is 0.336 e. The lowest BCUT2D eigenvalue weighted by atomic mass is 9.83. The summed E-state index contributed by atoms with van der Waals surface area (Å²) in [5, 5.41) is 0. The molecule has 8 nitrogen and oxygen atoms in total. The molecule has 1 aromatic heterocycles. The molecule has 1 saturated heterocycles. The third-order valence-corrected chi connectivity index (χ3v) is 9.01. The minimum Gasteiger partial charge on any atom is -0.463 e. The third-order valence-electron chi connectivity index (χ3n) is 9.01. The quantitative estimate of drug-likeness (QED) is 0.168. The monoisotopic (exact) mass is 632 g/mol. The minimum atomic E-state index is -0.504. The number of hydrogen-bond acceptors (Lipinski definition) is 6. The average molecular weight is 633 g/mol. The van der Waals surface area contributed by atoms with Crippen molar-refractivity contribution in [3.8, 4) is 11.5 Å². The van der Waals surface area contributed by atoms with Crippen LogP contribution < -0.4 is 4.74 Å². The lowest BCUT2D eigenvalue weighted by molar-refractivity contribution is -0.140. The molecule has 3 aromatic carbocycles. The van der Waals surface area contributed by atoms with Crippen molar-refractivity contribution in [2.45, 2.75) is 52.0 Å². The number of likely N-dealkylation sites (tertiary alicyclic amines) is 1. The Bertz CT molecular complexity index is 1740. The van der Waals surface area contributed by atoms with Crippen LogP contribution in [0.25, 0.3) is 0 Å². The summed E-state index contributed by atoms with van der Waals surface area (Å²) in [4.78, 5) is 43.7. The molecule has 242 valence electrons. The number of carbonyl (C=O) groups excluding carboxylic acids is 3. The van der Waals surface area contributed by atoms with Gasteiger partial charge in [-0.2, -0.15) is 0 Å². The normalized spacial score (nSPS) is 17.1. The zero-order valence-corrected chi connectivity index (χ0v) is 26.9. The molecule has 8 heteroatoms. The Labute approximate surface area is 275 Å². The molecule has 4 aromatic rings. The molecule has 0 saturated carbocycles. The van der Waals surface area contributed by atoms with E-state index in [0.717, 1.165) is 24.8 Å². The zero-order valence-electron chi connectivity index (χ0n) is 26.9. The van der Waals surface area contributed by atoms with E-state index in [1.165, 1.54) is 5.56 Å². The first-order valence-electron chi connectivity index (χ1n) is 16.3. The Morgan fingerprint density at radius 2 is 1.57 bits per heavy atom. The molecule has 6 rings (SSSR count). The van der Waals surface area contributed by atoms with Gasteiger partial charge >= 0.3 is 5.97 Å². The van der Waals surface area contributed by atoms with Crippen LogP contribution in [0.5, 0.6) is 11.5 Å². The second-order valence-corrected chi connectivity index (χ2v) is 12.1. The third kappa shape index (κ3) is 7.49. The number of para-hydroxylation sites is 1. The van der Waals surface area contributed by atoms with Crippen LogP contribution >= 0.6 is 0 Å². The van der Waals surface area contributed by atoms with Gasteiger partial charge in [-0.15, -0.1) is 0 Å². The van der Waals surface area contributed by atoms with E-state index in [9.17, 15) is 14.4 Å². The summed E-state index contributed by atoms with van der Waals surface area (Å²) in [5.41, 5.74) is 3.04. The number of rotatable bonds is 10. The van der Waals surface area contributed by atoms with Gasteiger partial charge in [0.2, 0.25) is 5.91 Å². The largest absolute Gasteiger partial charge is 0.463 e. The molecule has 2 aliphatic heterocycles. The molecule has 1 fully saturated rings. The van der Waals surface area contributed by atoms with E-state index in [1.54, 1.807) is 30.9 Å². The first-order valence-corrected chi connectivity index (χ1v) is 16.3. The van der Waals surface area contributed by atoms with Crippen LogP contribution in [0.4, 0.5) is 0 Å². The fraction of sp³-hybridized carbons (Fsp3) is 0.308. The minimum absolute atomic E-state index is 0.0741. The molecule has 2 aliphatic rings. The number of nitrogens with zero attached hydrogens (tertiary/aromatic N) is 2. The van der Waals surface area contributed by atoms with E-state index in [2.05, 4.69) is 24.3 Å². The Morgan fingerprint density at radius 1 is 0.872 bits per heavy atom. The number of esters is 1. The van der Waals surface area contributed by atoms with E-state index in [1.807, 2.05) is 65.6 Å². The van der Waals surface area contributed by atoms with Gasteiger partial charge < -0.3 is 23.7 Å². The van der Waals surface area contributed by atoms with Crippen molar-refractivity contribution >= 4 is 17.8 Å². The highest BCUT2D eigenvalue weighted by Gasteiger charge is 2.37. The van der Waals surface area contributed by atoms with Crippen molar-refractivity contribution in [2.24, 2.45) is 5.92 Å². The van der Waals surface area contributed by atoms with Gasteiger partial charge in [0.15, 0.2) is 5.76 Å². The van der Waals surface area contributed by atoms with Crippen molar-refractivity contribution in [3.63, 3.8) is 0 Å². The highest BCUT2D eigenvalue weighted by atomic mass is 16.5. The van der Waals surface area contributed by atoms with Gasteiger partial charge in [0.05, 0.1) is 18.7 Å². The molecular formula is C39H40N2O6. The lowest BCUT2D eigenvalue weighted by Crippen LogP contribution is -2.39. The molecule has 0 spiro atoms. The fourth-order valence-corrected chi connectivity index (χ4v) is 6.56. The summed E-state index contributed by atoms with van der Waals surface area (Å²) in [6, 6.07) is 30.8. The number of carbonyl (C=O) groups is 3. The standard InChI is InChI=1S/C39H40N2O6/c1-3-45-39(44)37-27(2)41(36(42)25-34(37)30-13-10-16-32(24-30)46-31-14-8-5-9-15-31)26-33-17-18-35(47-33)38(43)40-21-19-29(20-22-40)23-28-11-6-4-7-12-28/h4-18,24,29,34H,3,19-23,25-26H2,1-2H3. The summed E-state index contributed by atoms with van der Waals surface area (Å²) in [6.07, 6.45) is 2.98. The number of benzene rings is 3. The van der Waals surface area contributed by atoms with E-state index in [4.69, 9.17) is 13.9 Å². The highest BCUT2D eigenvalue weighted by Crippen LogP contribution is 2.39. The van der Waals surface area contributed by atoms with Crippen LogP contribution in [0.1, 0.15) is 66.5 Å². The molecule has 0 N–H and O–H groups in total. The van der Waals surface area contributed by atoms with E-state index < -0.39 is 11.9 Å². The van der Waals surface area contributed by atoms with E-state index >= 15 is 0 Å². The van der Waals surface area contributed by atoms with Crippen molar-refractivity contribution in [1.29, 1.82) is 0 Å². The second kappa shape index (κ2) is 14.5. The summed E-state index contributed by atoms with van der Waals surface area (Å²) >= 11 is 0. The number of furan rings is 1. The van der Waals surface area contributed by atoms with E-state index in [-0.39, 0.29) is 37.1 Å². The lowest BCUT2D eigenvalue weighted by Gasteiger charge is -2.34. The van der Waals surface area contributed by atoms with Crippen LogP contribution in [0.3, 0.4) is 0 Å². The van der Waals surface area contributed by atoms with Crippen LogP contribution in [-0.2, 0) is 27.3 Å². The van der Waals surface area contributed by atoms with Crippen molar-refractivity contribution in [3.05, 3.63) is 131 Å². The van der Waals surface area contributed by atoms with Gasteiger partial charge in [-0.1, -0.05) is 60.7 Å². The molecule has 47 heavy (non-hydrogen) atoms. The van der Waals surface area contributed by atoms with Gasteiger partial charge in [-0.05, 0) is 86.6 Å². The van der Waals surface area contributed by atoms with Crippen LogP contribution in [0.15, 0.2) is 113 Å². The number of allylic oxidation sites excluding steroid dienone is 1. The molecule has 2 amide bonds. The SMILES string of the molecule is CCOC(=O)C1=C(C)N(Cc2ccc(C(=O)N3CCC(Cc4ccccc4)CC3)o2)C(=O)CC1c1cccc(Oc2ccccc2)c1. The highest BCUT2D eigenvalue weighted by molar-refractivity contribution is 5.96. The Kier molecular flexibility index (Phi) is 9.86. The van der Waals surface area contributed by atoms with Crippen LogP contribution in [0, 0.1) is 5.92 Å². The molecule has 3 heterocycles. The van der Waals surface area contributed by atoms with Gasteiger partial charge in [-0.3, -0.25) is 9.59 Å². The fourth-order valence-electron chi connectivity index (χ4n) is 6.56. The van der Waals surface area contributed by atoms with E-state index in [0.29, 0.717) is 47.5 Å². The molecule has 0 radical (unpaired) electrons. The maximum Gasteiger partial charge on any atom is 0.336 e. The number of hydrogen-bond donors (Lipinski definition) is 0. The van der Waals surface area contributed by atoms with Gasteiger partial charge in [-0.25, -0.2) is 4.79 Å². The number of ether oxygens (including phenoxy) is 2. The molecular weight excluding hydrogens is 592 g/mol. The molecule has 1 atom stereocenters. The van der Waals surface area contributed by atoms with Crippen molar-refractivity contribution in [2.75, 3.05) is 19.7 Å². The number of amides is 2. The van der Waals surface area contributed by atoms with Gasteiger partial charge in [0.25, 0.3) is 5.91 Å². The van der Waals surface area contributed by atoms with Gasteiger partial charge in [0, 0.05) is 31.1 Å². The van der Waals surface area contributed by atoms with Crippen molar-refractivity contribution < 1.29 is 28.3 Å². The summed E-state index contributed by atoms with van der Waals surface area (Å²) in [6.45, 7) is 5.19. The zero-order chi connectivity index (χ0) is 32.8. The Hall–Kier alpha value is -5.11. The second-order valence-electron chi connectivity index (χ2n) is 12.1. The van der Waals surface area contributed by atoms with Crippen LogP contribution in [0.2, 0.25) is 0 Å². The maximum atomic E-state index is 13.6. The summed E-state index contributed by atoms with van der Waals surface area (Å²) < 4.78 is 17.5. The first-order chi connectivity index (χ1) is 22.9. The Balaban J connectivity index is 1.15. The van der Waals surface area contributed by atoms with Crippen molar-refractivity contribution in [1.82, 2.24) is 9.80 Å². The molecule has 0 bridgehead atoms. The topological polar surface area (TPSA) is 89.3 Å². The Morgan fingerprint density at radius 3 is 2.30 bits per heavy atom. The molecule has 1 unspecified atom stereocenters. The molecule has 0 aliphatic carbocycles. The predicted octanol–water partition coefficient (Wildman–Crippen LogP) is 7.52. The number of piperidine rings is 1.